The Bertz CT molecular complexity index is 8590. The monoisotopic (exact) mass is 1730 g/mol. The lowest BCUT2D eigenvalue weighted by Crippen LogP contribution is -2.29. The topological polar surface area (TPSA) is 90.5 Å². The molecule has 3 heterocycles. The molecule has 0 atom stereocenters. The van der Waals surface area contributed by atoms with Gasteiger partial charge in [-0.1, -0.05) is 419 Å². The van der Waals surface area contributed by atoms with Gasteiger partial charge in [0.05, 0.1) is 10.8 Å². The quantitative estimate of drug-likeness (QED) is 0.135. The molecule has 7 nitrogen and oxygen atoms in total. The summed E-state index contributed by atoms with van der Waals surface area (Å²) in [5.41, 5.74) is 44.4. The standard InChI is InChI=1S/C65H41N3.C64H39N3O/c1-3-18-41(19-4-1)46-37-47(42-20-5-2-6-21-42)39-48(38-46)63-66-62(45-35-34-44-36-43-22-7-8-23-49(43)56(44)40-45)67-64(68-63)55-29-17-33-60-61(55)54-28-13-16-32-59(54)65(60)57-30-14-11-26-52(57)50-24-9-10-25-51(50)53-27-12-15-31-58(53)65;1-3-19-40(20-4-1)42-37-43(41-21-5-2-6-22-41)39-44(38-42)61-65-62(67-63(66-61)52-30-18-36-58-60(52)50-28-12-16-35-57(50)68-58)51-29-17-34-56-59(51)49-27-11-15-33-55(49)64(56)53-31-13-9-25-47(53)45-23-7-8-24-46(45)48-26-10-14-32-54(48)64/h1-35,37-40H,36H2;1-39H. The summed E-state index contributed by atoms with van der Waals surface area (Å²) >= 11 is 0. The second-order valence-electron chi connectivity index (χ2n) is 36.0. The minimum atomic E-state index is -0.650. The first-order chi connectivity index (χ1) is 67.4. The Kier molecular flexibility index (Phi) is 18.1. The molecule has 3 aromatic heterocycles. The van der Waals surface area contributed by atoms with Crippen molar-refractivity contribution in [2.24, 2.45) is 0 Å². The number of para-hydroxylation sites is 1. The molecule has 0 bridgehead atoms. The Balaban J connectivity index is 0.000000138. The van der Waals surface area contributed by atoms with Gasteiger partial charge in [-0.15, -0.1) is 0 Å². The second kappa shape index (κ2) is 31.5. The van der Waals surface area contributed by atoms with Crippen LogP contribution in [0.1, 0.15) is 55.6 Å². The molecule has 20 aromatic carbocycles. The Morgan fingerprint density at radius 1 is 0.162 bits per heavy atom. The maximum Gasteiger partial charge on any atom is 0.164 e. The van der Waals surface area contributed by atoms with Gasteiger partial charge in [-0.25, -0.2) is 29.9 Å². The lowest BCUT2D eigenvalue weighted by molar-refractivity contribution is 0.669. The fourth-order valence-electron chi connectivity index (χ4n) is 23.0. The Morgan fingerprint density at radius 3 is 0.868 bits per heavy atom. The van der Waals surface area contributed by atoms with Crippen molar-refractivity contribution in [3.8, 4) is 191 Å². The highest BCUT2D eigenvalue weighted by atomic mass is 16.3. The number of benzene rings is 20. The summed E-state index contributed by atoms with van der Waals surface area (Å²) < 4.78 is 6.46. The van der Waals surface area contributed by atoms with E-state index < -0.39 is 10.8 Å². The zero-order chi connectivity index (χ0) is 89.5. The highest BCUT2D eigenvalue weighted by Crippen LogP contribution is 2.66. The summed E-state index contributed by atoms with van der Waals surface area (Å²) in [5, 5.41) is 1.99. The summed E-state index contributed by atoms with van der Waals surface area (Å²) in [4.78, 5) is 33.2. The van der Waals surface area contributed by atoms with Crippen molar-refractivity contribution in [2.45, 2.75) is 17.3 Å². The van der Waals surface area contributed by atoms with Crippen LogP contribution in [-0.2, 0) is 17.3 Å². The molecule has 0 unspecified atom stereocenters. The molecule has 5 aliphatic carbocycles. The first-order valence-electron chi connectivity index (χ1n) is 46.6. The maximum atomic E-state index is 6.46. The molecule has 0 saturated carbocycles. The lowest BCUT2D eigenvalue weighted by atomic mass is 9.66. The van der Waals surface area contributed by atoms with E-state index in [0.29, 0.717) is 34.9 Å². The fourth-order valence-corrected chi connectivity index (χ4v) is 23.0. The molecule has 0 saturated heterocycles. The summed E-state index contributed by atoms with van der Waals surface area (Å²) in [6.45, 7) is 0. The number of hydrogen-bond donors (Lipinski definition) is 0. The van der Waals surface area contributed by atoms with E-state index in [4.69, 9.17) is 34.3 Å². The van der Waals surface area contributed by atoms with Gasteiger partial charge in [-0.2, -0.15) is 0 Å². The van der Waals surface area contributed by atoms with Crippen molar-refractivity contribution in [1.82, 2.24) is 29.9 Å². The van der Waals surface area contributed by atoms with E-state index in [1.54, 1.807) is 0 Å². The van der Waals surface area contributed by atoms with Crippen LogP contribution in [0.4, 0.5) is 0 Å². The summed E-state index contributed by atoms with van der Waals surface area (Å²) in [6, 6.07) is 171. The second-order valence-corrected chi connectivity index (χ2v) is 36.0. The van der Waals surface area contributed by atoms with Crippen molar-refractivity contribution < 1.29 is 4.42 Å². The van der Waals surface area contributed by atoms with Crippen LogP contribution < -0.4 is 0 Å². The van der Waals surface area contributed by atoms with Crippen LogP contribution in [0.3, 0.4) is 0 Å². The van der Waals surface area contributed by atoms with E-state index in [-0.39, 0.29) is 0 Å². The molecule has 0 amide bonds. The molecule has 0 fully saturated rings. The van der Waals surface area contributed by atoms with Gasteiger partial charge in [0.1, 0.15) is 11.2 Å². The third-order valence-corrected chi connectivity index (χ3v) is 28.7. The highest BCUT2D eigenvalue weighted by molar-refractivity contribution is 6.12. The molecular formula is C129H80N6O. The van der Waals surface area contributed by atoms with Crippen LogP contribution >= 0.6 is 0 Å². The fraction of sp³-hybridized carbons (Fsp3) is 0.0233. The molecule has 2 spiro atoms. The zero-order valence-electron chi connectivity index (χ0n) is 73.8. The first-order valence-corrected chi connectivity index (χ1v) is 46.6. The SMILES string of the molecule is c1ccc(-c2cc(-c3ccccc3)cc(-c3nc(-c4ccc5c(c4)-c4ccccc4C5)nc(-c4cccc5c4-c4ccccc4C54c5ccccc5-c5ccccc5-c5ccccc54)n3)c2)cc1.c1ccc(-c2cc(-c3ccccc3)cc(-c3nc(-c4cccc5c4-c4ccccc4C54c5ccccc5-c5ccccc5-c5ccccc54)nc(-c4cccc5oc6ccccc6c45)n3)c2)cc1. The van der Waals surface area contributed by atoms with E-state index in [9.17, 15) is 0 Å². The van der Waals surface area contributed by atoms with Crippen LogP contribution in [0, 0.1) is 0 Å². The maximum absolute atomic E-state index is 6.46. The largest absolute Gasteiger partial charge is 0.456 e. The number of fused-ring (bicyclic) bond motifs is 30. The average Bonchev–Trinajstić information content (AvgIpc) is 1.52. The molecule has 7 heteroatoms. The molecule has 0 radical (unpaired) electrons. The van der Waals surface area contributed by atoms with E-state index in [0.717, 1.165) is 123 Å². The van der Waals surface area contributed by atoms with Crippen molar-refractivity contribution >= 4 is 21.9 Å². The van der Waals surface area contributed by atoms with Gasteiger partial charge in [0, 0.05) is 44.2 Å². The average molecular weight is 1730 g/mol. The van der Waals surface area contributed by atoms with Gasteiger partial charge < -0.3 is 4.42 Å². The van der Waals surface area contributed by atoms with E-state index in [2.05, 4.69) is 449 Å². The Labute approximate surface area is 787 Å². The van der Waals surface area contributed by atoms with Gasteiger partial charge in [-0.05, 0) is 239 Å². The summed E-state index contributed by atoms with van der Waals surface area (Å²) in [7, 11) is 0. The highest BCUT2D eigenvalue weighted by Gasteiger charge is 2.53. The first kappa shape index (κ1) is 78.1. The number of aromatic nitrogens is 6. The number of nitrogens with zero attached hydrogens (tertiary/aromatic N) is 6. The number of rotatable bonds is 10. The predicted molar refractivity (Wildman–Crippen MR) is 553 cm³/mol. The lowest BCUT2D eigenvalue weighted by Gasteiger charge is -2.35. The number of furan rings is 1. The summed E-state index contributed by atoms with van der Waals surface area (Å²) in [5.74, 6) is 3.67. The smallest absolute Gasteiger partial charge is 0.164 e. The van der Waals surface area contributed by atoms with Crippen molar-refractivity contribution in [3.05, 3.63) is 529 Å². The van der Waals surface area contributed by atoms with Crippen LogP contribution in [0.15, 0.2) is 478 Å². The van der Waals surface area contributed by atoms with Gasteiger partial charge in [0.25, 0.3) is 0 Å². The number of hydrogen-bond acceptors (Lipinski definition) is 7. The van der Waals surface area contributed by atoms with Crippen molar-refractivity contribution in [2.75, 3.05) is 0 Å². The van der Waals surface area contributed by atoms with Crippen LogP contribution in [0.2, 0.25) is 0 Å². The molecule has 5 aliphatic rings. The normalized spacial score (nSPS) is 12.9. The van der Waals surface area contributed by atoms with Gasteiger partial charge >= 0.3 is 0 Å². The Hall–Kier alpha value is -17.8. The molecule has 0 aliphatic heterocycles. The van der Waals surface area contributed by atoms with Gasteiger partial charge in [0.15, 0.2) is 34.9 Å². The molecule has 28 rings (SSSR count). The van der Waals surface area contributed by atoms with Crippen LogP contribution in [-0.4, -0.2) is 29.9 Å². The molecule has 136 heavy (non-hydrogen) atoms. The van der Waals surface area contributed by atoms with Crippen LogP contribution in [0.5, 0.6) is 0 Å². The third kappa shape index (κ3) is 12.2. The summed E-state index contributed by atoms with van der Waals surface area (Å²) in [6.07, 6.45) is 0.919. The predicted octanol–water partition coefficient (Wildman–Crippen LogP) is 31.9. The van der Waals surface area contributed by atoms with Crippen molar-refractivity contribution in [3.63, 3.8) is 0 Å². The molecular weight excluding hydrogens is 1650 g/mol. The Morgan fingerprint density at radius 2 is 0.441 bits per heavy atom. The van der Waals surface area contributed by atoms with Gasteiger partial charge in [-0.3, -0.25) is 0 Å². The minimum absolute atomic E-state index is 0.577. The molecule has 632 valence electrons. The van der Waals surface area contributed by atoms with Gasteiger partial charge in [0.2, 0.25) is 0 Å². The van der Waals surface area contributed by atoms with E-state index >= 15 is 0 Å². The zero-order valence-corrected chi connectivity index (χ0v) is 73.8. The molecule has 23 aromatic rings. The third-order valence-electron chi connectivity index (χ3n) is 28.7. The van der Waals surface area contributed by atoms with Crippen LogP contribution in [0.25, 0.3) is 213 Å². The van der Waals surface area contributed by atoms with Crippen molar-refractivity contribution in [1.29, 1.82) is 0 Å². The van der Waals surface area contributed by atoms with E-state index in [1.807, 2.05) is 24.3 Å². The van der Waals surface area contributed by atoms with E-state index in [1.165, 1.54) is 117 Å². The minimum Gasteiger partial charge on any atom is -0.456 e. The molecule has 0 N–H and O–H groups in total.